The lowest BCUT2D eigenvalue weighted by Gasteiger charge is -2.03. The Balaban J connectivity index is 2.49. The molecule has 0 aliphatic heterocycles. The maximum Gasteiger partial charge on any atom is 0.252 e. The predicted octanol–water partition coefficient (Wildman–Crippen LogP) is 1.31. The molecular weight excluding hydrogens is 262 g/mol. The van der Waals surface area contributed by atoms with Gasteiger partial charge in [-0.25, -0.2) is 13.5 Å². The third-order valence-corrected chi connectivity index (χ3v) is 2.82. The first-order chi connectivity index (χ1) is 8.00. The average Bonchev–Trinajstić information content (AvgIpc) is 2.68. The zero-order valence-corrected chi connectivity index (χ0v) is 8.97. The van der Waals surface area contributed by atoms with Crippen LogP contribution in [0.5, 0.6) is 0 Å². The summed E-state index contributed by atoms with van der Waals surface area (Å²) in [5.74, 6) is -6.61. The minimum Gasteiger partial charge on any atom is -0.223 e. The highest BCUT2D eigenvalue weighted by atomic mass is 32.2. The molecule has 17 heavy (non-hydrogen) atoms. The third-order valence-electron chi connectivity index (χ3n) is 1.73. The van der Waals surface area contributed by atoms with Crippen LogP contribution in [0, 0.1) is 23.5 Å². The fourth-order valence-electron chi connectivity index (χ4n) is 0.957. The molecule has 2 aromatic rings. The number of aryl methyl sites for hydroxylation is 1. The number of aromatic nitrogens is 5. The zero-order valence-electron chi connectivity index (χ0n) is 8.16. The molecule has 0 amide bonds. The minimum absolute atomic E-state index is 0.0206. The molecule has 0 aliphatic carbocycles. The topological polar surface area (TPSA) is 56.5 Å². The van der Waals surface area contributed by atoms with E-state index in [2.05, 4.69) is 20.5 Å². The summed E-state index contributed by atoms with van der Waals surface area (Å²) in [6, 6.07) is 0. The van der Waals surface area contributed by atoms with Crippen LogP contribution in [0.3, 0.4) is 0 Å². The Morgan fingerprint density at radius 1 is 1.06 bits per heavy atom. The first-order valence-electron chi connectivity index (χ1n) is 4.11. The monoisotopic (exact) mass is 265 g/mol. The van der Waals surface area contributed by atoms with Crippen molar-refractivity contribution in [2.45, 2.75) is 10.1 Å². The Hall–Kier alpha value is -1.71. The normalized spacial score (nSPS) is 10.9. The Morgan fingerprint density at radius 3 is 2.12 bits per heavy atom. The predicted molar refractivity (Wildman–Crippen MR) is 47.0 cm³/mol. The Morgan fingerprint density at radius 2 is 1.65 bits per heavy atom. The summed E-state index contributed by atoms with van der Waals surface area (Å²) in [6.45, 7) is 0. The fourth-order valence-corrected chi connectivity index (χ4v) is 1.73. The summed E-state index contributed by atoms with van der Waals surface area (Å²) in [4.78, 5) is 1.55. The van der Waals surface area contributed by atoms with Crippen LogP contribution in [0.25, 0.3) is 0 Å². The van der Waals surface area contributed by atoms with Gasteiger partial charge in [0.1, 0.15) is 0 Å². The average molecular weight is 265 g/mol. The van der Waals surface area contributed by atoms with E-state index in [1.165, 1.54) is 7.05 Å². The second kappa shape index (κ2) is 4.28. The molecule has 0 fully saturated rings. The molecule has 0 aliphatic rings. The molecule has 0 spiro atoms. The molecule has 0 atom stereocenters. The van der Waals surface area contributed by atoms with E-state index in [-0.39, 0.29) is 5.16 Å². The van der Waals surface area contributed by atoms with Crippen LogP contribution in [0.15, 0.2) is 10.1 Å². The number of tetrazole rings is 1. The van der Waals surface area contributed by atoms with Crippen LogP contribution in [0.4, 0.5) is 17.6 Å². The SMILES string of the molecule is Cn1nnnc1Sc1c(F)c(F)nc(F)c1F. The van der Waals surface area contributed by atoms with Gasteiger partial charge in [0.2, 0.25) is 5.16 Å². The van der Waals surface area contributed by atoms with E-state index in [0.29, 0.717) is 11.8 Å². The smallest absolute Gasteiger partial charge is 0.223 e. The van der Waals surface area contributed by atoms with Crippen LogP contribution in [0.1, 0.15) is 0 Å². The van der Waals surface area contributed by atoms with Crippen LogP contribution in [-0.2, 0) is 7.05 Å². The second-order valence-corrected chi connectivity index (χ2v) is 3.82. The molecule has 2 aromatic heterocycles. The molecule has 0 aromatic carbocycles. The number of rotatable bonds is 2. The largest absolute Gasteiger partial charge is 0.252 e. The standard InChI is InChI=1S/C7H3F4N5S/c1-16-7(13-14-15-16)17-4-2(8)5(10)12-6(11)3(4)9/h1H3. The lowest BCUT2D eigenvalue weighted by atomic mass is 10.4. The highest BCUT2D eigenvalue weighted by Gasteiger charge is 2.23. The summed E-state index contributed by atoms with van der Waals surface area (Å²) >= 11 is 0.359. The van der Waals surface area contributed by atoms with Gasteiger partial charge in [-0.15, -0.1) is 5.10 Å². The van der Waals surface area contributed by atoms with Crippen molar-refractivity contribution in [2.24, 2.45) is 7.05 Å². The quantitative estimate of drug-likeness (QED) is 0.605. The van der Waals surface area contributed by atoms with Crippen LogP contribution >= 0.6 is 11.8 Å². The molecular formula is C7H3F4N5S. The zero-order chi connectivity index (χ0) is 12.6. The van der Waals surface area contributed by atoms with Crippen molar-refractivity contribution in [1.82, 2.24) is 25.2 Å². The third kappa shape index (κ3) is 2.07. The van der Waals surface area contributed by atoms with Crippen molar-refractivity contribution < 1.29 is 17.6 Å². The molecule has 10 heteroatoms. The summed E-state index contributed by atoms with van der Waals surface area (Å²) < 4.78 is 53.1. The van der Waals surface area contributed by atoms with E-state index >= 15 is 0 Å². The van der Waals surface area contributed by atoms with E-state index < -0.39 is 28.4 Å². The number of hydrogen-bond acceptors (Lipinski definition) is 5. The van der Waals surface area contributed by atoms with Crippen molar-refractivity contribution in [3.8, 4) is 0 Å². The fraction of sp³-hybridized carbons (Fsp3) is 0.143. The van der Waals surface area contributed by atoms with E-state index in [0.717, 1.165) is 4.68 Å². The number of halogens is 4. The van der Waals surface area contributed by atoms with E-state index in [4.69, 9.17) is 0 Å². The Kier molecular flexibility index (Phi) is 2.96. The maximum atomic E-state index is 13.2. The van der Waals surface area contributed by atoms with E-state index in [1.807, 2.05) is 0 Å². The van der Waals surface area contributed by atoms with Gasteiger partial charge >= 0.3 is 0 Å². The van der Waals surface area contributed by atoms with Gasteiger partial charge < -0.3 is 0 Å². The first-order valence-corrected chi connectivity index (χ1v) is 4.92. The van der Waals surface area contributed by atoms with Crippen LogP contribution in [0.2, 0.25) is 0 Å². The summed E-state index contributed by atoms with van der Waals surface area (Å²) in [7, 11) is 1.41. The van der Waals surface area contributed by atoms with Crippen LogP contribution in [-0.4, -0.2) is 25.2 Å². The molecule has 0 N–H and O–H groups in total. The van der Waals surface area contributed by atoms with Crippen molar-refractivity contribution >= 4 is 11.8 Å². The van der Waals surface area contributed by atoms with Crippen molar-refractivity contribution in [1.29, 1.82) is 0 Å². The number of hydrogen-bond donors (Lipinski definition) is 0. The Bertz CT molecular complexity index is 545. The minimum atomic E-state index is -1.72. The molecule has 90 valence electrons. The number of nitrogens with zero attached hydrogens (tertiary/aromatic N) is 5. The summed E-state index contributed by atoms with van der Waals surface area (Å²) in [5.41, 5.74) is 0. The van der Waals surface area contributed by atoms with Gasteiger partial charge in [-0.3, -0.25) is 0 Å². The Labute approximate surface area is 95.8 Å². The number of pyridine rings is 1. The maximum absolute atomic E-state index is 13.2. The molecule has 0 unspecified atom stereocenters. The van der Waals surface area contributed by atoms with E-state index in [9.17, 15) is 17.6 Å². The van der Waals surface area contributed by atoms with Gasteiger partial charge in [0.05, 0.1) is 4.90 Å². The van der Waals surface area contributed by atoms with Gasteiger partial charge in [-0.2, -0.15) is 13.8 Å². The first kappa shape index (κ1) is 11.8. The lowest BCUT2D eigenvalue weighted by Crippen LogP contribution is -2.03. The summed E-state index contributed by atoms with van der Waals surface area (Å²) in [6.07, 6.45) is 0. The van der Waals surface area contributed by atoms with Gasteiger partial charge in [-0.05, 0) is 22.2 Å². The van der Waals surface area contributed by atoms with Gasteiger partial charge in [0.15, 0.2) is 11.6 Å². The van der Waals surface area contributed by atoms with Crippen molar-refractivity contribution in [3.63, 3.8) is 0 Å². The van der Waals surface area contributed by atoms with Crippen molar-refractivity contribution in [2.75, 3.05) is 0 Å². The van der Waals surface area contributed by atoms with Crippen LogP contribution < -0.4 is 0 Å². The molecule has 0 radical (unpaired) electrons. The van der Waals surface area contributed by atoms with E-state index in [1.54, 1.807) is 0 Å². The summed E-state index contributed by atoms with van der Waals surface area (Å²) in [5, 5.41) is 10.0. The van der Waals surface area contributed by atoms with Crippen molar-refractivity contribution in [3.05, 3.63) is 23.5 Å². The second-order valence-electron chi connectivity index (χ2n) is 2.84. The molecule has 0 saturated carbocycles. The molecule has 2 heterocycles. The molecule has 2 rings (SSSR count). The molecule has 0 bridgehead atoms. The van der Waals surface area contributed by atoms with Gasteiger partial charge in [0, 0.05) is 7.05 Å². The highest BCUT2D eigenvalue weighted by molar-refractivity contribution is 7.99. The molecule has 5 nitrogen and oxygen atoms in total. The molecule has 0 saturated heterocycles. The van der Waals surface area contributed by atoms with Gasteiger partial charge in [-0.1, -0.05) is 0 Å². The highest BCUT2D eigenvalue weighted by Crippen LogP contribution is 2.31. The van der Waals surface area contributed by atoms with Gasteiger partial charge in [0.25, 0.3) is 11.9 Å². The lowest BCUT2D eigenvalue weighted by molar-refractivity contribution is 0.383.